The second kappa shape index (κ2) is 10.6. The van der Waals surface area contributed by atoms with Crippen LogP contribution in [0.15, 0.2) is 29.6 Å². The Hall–Kier alpha value is -3.59. The van der Waals surface area contributed by atoms with Gasteiger partial charge in [0.25, 0.3) is 0 Å². The van der Waals surface area contributed by atoms with Gasteiger partial charge in [0.1, 0.15) is 16.6 Å². The lowest BCUT2D eigenvalue weighted by atomic mass is 9.73. The number of aliphatic imine (C=N–C) groups is 1. The molecule has 0 spiro atoms. The van der Waals surface area contributed by atoms with Crippen molar-refractivity contribution in [1.82, 2.24) is 19.9 Å². The van der Waals surface area contributed by atoms with E-state index in [0.29, 0.717) is 6.54 Å². The molecular formula is C26H27F3N6O2S. The predicted octanol–water partition coefficient (Wildman–Crippen LogP) is 3.73. The number of halogens is 3. The Labute approximate surface area is 223 Å². The van der Waals surface area contributed by atoms with E-state index in [1.54, 1.807) is 20.8 Å². The fourth-order valence-electron chi connectivity index (χ4n) is 4.68. The van der Waals surface area contributed by atoms with Crippen LogP contribution in [0.3, 0.4) is 0 Å². The maximum absolute atomic E-state index is 15.2. The molecule has 2 aliphatic heterocycles. The van der Waals surface area contributed by atoms with E-state index in [1.165, 1.54) is 29.6 Å². The highest BCUT2D eigenvalue weighted by Crippen LogP contribution is 2.51. The van der Waals surface area contributed by atoms with E-state index in [-0.39, 0.29) is 53.3 Å². The number of nitrogens with two attached hydrogens (primary N) is 1. The van der Waals surface area contributed by atoms with Gasteiger partial charge in [0, 0.05) is 24.2 Å². The molecular weight excluding hydrogens is 517 g/mol. The molecule has 8 nitrogen and oxygen atoms in total. The number of carbonyl (C=O) groups excluding carboxylic acids is 1. The summed E-state index contributed by atoms with van der Waals surface area (Å²) in [7, 11) is 0. The molecule has 4 rings (SSSR count). The Balaban J connectivity index is 1.66. The summed E-state index contributed by atoms with van der Waals surface area (Å²) in [6.45, 7) is 5.43. The number of hydrogen-bond acceptors (Lipinski definition) is 8. The van der Waals surface area contributed by atoms with Crippen molar-refractivity contribution < 1.29 is 22.7 Å². The van der Waals surface area contributed by atoms with Crippen molar-refractivity contribution >= 4 is 34.7 Å². The topological polar surface area (TPSA) is 107 Å². The number of amides is 1. The number of terminal acetylenes is 1. The first-order valence-electron chi connectivity index (χ1n) is 11.9. The first kappa shape index (κ1) is 27.4. The molecule has 0 aromatic carbocycles. The van der Waals surface area contributed by atoms with Gasteiger partial charge in [-0.05, 0) is 38.0 Å². The van der Waals surface area contributed by atoms with E-state index in [2.05, 4.69) is 25.9 Å². The van der Waals surface area contributed by atoms with E-state index < -0.39 is 34.2 Å². The van der Waals surface area contributed by atoms with Crippen molar-refractivity contribution in [2.24, 2.45) is 16.6 Å². The molecule has 1 saturated heterocycles. The number of nitrogens with zero attached hydrogens (tertiary/aromatic N) is 5. The van der Waals surface area contributed by atoms with Crippen LogP contribution in [0.2, 0.25) is 0 Å². The largest absolute Gasteiger partial charge is 0.463 e. The molecule has 4 atom stereocenters. The van der Waals surface area contributed by atoms with Crippen LogP contribution in [0, 0.1) is 24.2 Å². The zero-order valence-corrected chi connectivity index (χ0v) is 21.9. The second-order valence-electron chi connectivity index (χ2n) is 9.50. The third kappa shape index (κ3) is 5.20. The monoisotopic (exact) mass is 544 g/mol. The van der Waals surface area contributed by atoms with Crippen LogP contribution in [-0.2, 0) is 10.3 Å². The average Bonchev–Trinajstić information content (AvgIpc) is 3.32. The first-order valence-corrected chi connectivity index (χ1v) is 12.7. The van der Waals surface area contributed by atoms with E-state index in [1.807, 2.05) is 0 Å². The van der Waals surface area contributed by atoms with E-state index in [4.69, 9.17) is 16.9 Å². The molecule has 0 saturated carbocycles. The predicted molar refractivity (Wildman–Crippen MR) is 140 cm³/mol. The highest BCUT2D eigenvalue weighted by molar-refractivity contribution is 8.15. The van der Waals surface area contributed by atoms with Gasteiger partial charge in [-0.3, -0.25) is 9.79 Å². The number of hydrogen-bond donors (Lipinski definition) is 1. The maximum Gasteiger partial charge on any atom is 0.239 e. The lowest BCUT2D eigenvalue weighted by Crippen LogP contribution is -2.57. The zero-order valence-electron chi connectivity index (χ0n) is 21.1. The highest BCUT2D eigenvalue weighted by Gasteiger charge is 2.55. The number of alkyl halides is 1. The van der Waals surface area contributed by atoms with Gasteiger partial charge in [-0.25, -0.2) is 23.7 Å². The van der Waals surface area contributed by atoms with Crippen LogP contribution in [0.25, 0.3) is 11.9 Å². The zero-order chi connectivity index (χ0) is 27.7. The van der Waals surface area contributed by atoms with Crippen molar-refractivity contribution in [1.29, 1.82) is 0 Å². The molecule has 0 aliphatic carbocycles. The third-order valence-corrected chi connectivity index (χ3v) is 8.30. The van der Waals surface area contributed by atoms with Crippen molar-refractivity contribution in [3.8, 4) is 18.2 Å². The molecule has 1 amide bonds. The summed E-state index contributed by atoms with van der Waals surface area (Å²) in [6.07, 6.45) is 9.04. The smallest absolute Gasteiger partial charge is 0.239 e. The van der Waals surface area contributed by atoms with Crippen molar-refractivity contribution in [2.45, 2.75) is 43.6 Å². The lowest BCUT2D eigenvalue weighted by Gasteiger charge is -2.47. The molecule has 2 aromatic rings. The summed E-state index contributed by atoms with van der Waals surface area (Å²) in [5.41, 5.74) is 5.04. The SMILES string of the molecule is C#CCOc1cnc(/C(F)=C/c2cnc(F)c([C@@]3(C)N=C(N)S[C@](C)(C(=O)N4CC[C@@H](F)C4)[C@H]3C)c2)cn1. The van der Waals surface area contributed by atoms with Crippen LogP contribution < -0.4 is 10.5 Å². The molecule has 0 unspecified atom stereocenters. The summed E-state index contributed by atoms with van der Waals surface area (Å²) in [5, 5.41) is 0.0892. The molecule has 2 aromatic heterocycles. The van der Waals surface area contributed by atoms with Gasteiger partial charge in [0.2, 0.25) is 17.7 Å². The van der Waals surface area contributed by atoms with Gasteiger partial charge in [-0.1, -0.05) is 24.6 Å². The third-order valence-electron chi connectivity index (χ3n) is 7.05. The highest BCUT2D eigenvalue weighted by atomic mass is 32.2. The number of aromatic nitrogens is 3. The Morgan fingerprint density at radius 3 is 2.74 bits per heavy atom. The van der Waals surface area contributed by atoms with Crippen molar-refractivity contribution in [3.63, 3.8) is 0 Å². The summed E-state index contributed by atoms with van der Waals surface area (Å²) >= 11 is 1.08. The van der Waals surface area contributed by atoms with Gasteiger partial charge >= 0.3 is 0 Å². The maximum atomic E-state index is 15.2. The van der Waals surface area contributed by atoms with Crippen LogP contribution in [0.4, 0.5) is 13.2 Å². The minimum atomic E-state index is -1.32. The fraction of sp³-hybridized carbons (Fsp3) is 0.423. The number of likely N-dealkylation sites (tertiary alicyclic amines) is 1. The van der Waals surface area contributed by atoms with Crippen LogP contribution in [0.5, 0.6) is 5.88 Å². The van der Waals surface area contributed by atoms with Gasteiger partial charge in [0.05, 0.1) is 24.5 Å². The summed E-state index contributed by atoms with van der Waals surface area (Å²) in [6, 6.07) is 1.42. The van der Waals surface area contributed by atoms with E-state index >= 15 is 4.39 Å². The van der Waals surface area contributed by atoms with Crippen LogP contribution in [0.1, 0.15) is 44.0 Å². The summed E-state index contributed by atoms with van der Waals surface area (Å²) in [4.78, 5) is 31.2. The van der Waals surface area contributed by atoms with Crippen LogP contribution in [-0.4, -0.2) is 61.5 Å². The minimum Gasteiger partial charge on any atom is -0.463 e. The molecule has 2 aliphatic rings. The van der Waals surface area contributed by atoms with Gasteiger partial charge < -0.3 is 15.4 Å². The van der Waals surface area contributed by atoms with E-state index in [0.717, 1.165) is 17.8 Å². The molecule has 38 heavy (non-hydrogen) atoms. The molecule has 0 bridgehead atoms. The number of rotatable bonds is 6. The number of ether oxygens (including phenoxy) is 1. The summed E-state index contributed by atoms with van der Waals surface area (Å²) in [5.74, 6) is -0.000173. The molecule has 200 valence electrons. The Bertz CT molecular complexity index is 1330. The van der Waals surface area contributed by atoms with E-state index in [9.17, 15) is 13.6 Å². The Morgan fingerprint density at radius 1 is 1.34 bits per heavy atom. The molecule has 4 heterocycles. The molecule has 2 N–H and O–H groups in total. The number of amidine groups is 1. The van der Waals surface area contributed by atoms with Gasteiger partial charge in [-0.15, -0.1) is 6.42 Å². The van der Waals surface area contributed by atoms with Gasteiger partial charge in [0.15, 0.2) is 17.6 Å². The lowest BCUT2D eigenvalue weighted by molar-refractivity contribution is -0.134. The Kier molecular flexibility index (Phi) is 7.69. The Morgan fingerprint density at radius 2 is 2.11 bits per heavy atom. The summed E-state index contributed by atoms with van der Waals surface area (Å²) < 4.78 is 48.0. The van der Waals surface area contributed by atoms with Crippen molar-refractivity contribution in [2.75, 3.05) is 19.7 Å². The van der Waals surface area contributed by atoms with Crippen LogP contribution >= 0.6 is 11.8 Å². The molecule has 12 heteroatoms. The normalized spacial score (nSPS) is 27.6. The second-order valence-corrected chi connectivity index (χ2v) is 11.0. The molecule has 1 fully saturated rings. The quantitative estimate of drug-likeness (QED) is 0.436. The van der Waals surface area contributed by atoms with Crippen molar-refractivity contribution in [3.05, 3.63) is 47.4 Å². The number of pyridine rings is 1. The van der Waals surface area contributed by atoms with Gasteiger partial charge in [-0.2, -0.15) is 4.39 Å². The standard InChI is InChI=1S/C26H27F3N6O2S/c1-5-8-37-21-13-31-20(12-32-21)19(28)10-16-9-18(22(29)33-11-16)25(3)15(2)26(4,38-24(30)34-25)23(36)35-7-6-17(27)14-35/h1,9-13,15,17H,6-8,14H2,2-4H3,(H2,30,34)/b19-10-/t15-,17+,25-,26-/m0/s1. The number of carbonyl (C=O) groups is 1. The minimum absolute atomic E-state index is 0.00188. The molecule has 0 radical (unpaired) electrons. The number of thioether (sulfide) groups is 1. The fourth-order valence-corrected chi connectivity index (χ4v) is 5.97. The average molecular weight is 545 g/mol. The first-order chi connectivity index (χ1) is 18.0.